The van der Waals surface area contributed by atoms with Crippen molar-refractivity contribution in [1.82, 2.24) is 10.2 Å². The van der Waals surface area contributed by atoms with Crippen LogP contribution in [-0.2, 0) is 20.8 Å². The van der Waals surface area contributed by atoms with Crippen LogP contribution in [0.5, 0.6) is 0 Å². The lowest BCUT2D eigenvalue weighted by atomic mass is 10.1. The molecule has 1 aromatic rings. The third-order valence-corrected chi connectivity index (χ3v) is 4.41. The van der Waals surface area contributed by atoms with Crippen LogP contribution in [0, 0.1) is 0 Å². The van der Waals surface area contributed by atoms with Gasteiger partial charge in [-0.2, -0.15) is 0 Å². The lowest BCUT2D eigenvalue weighted by molar-refractivity contribution is -0.123. The summed E-state index contributed by atoms with van der Waals surface area (Å²) in [5, 5.41) is 2.84. The number of nitrogens with zero attached hydrogens (tertiary/aromatic N) is 1. The highest BCUT2D eigenvalue weighted by molar-refractivity contribution is 5.94. The number of rotatable bonds is 7. The van der Waals surface area contributed by atoms with E-state index in [-0.39, 0.29) is 49.0 Å². The van der Waals surface area contributed by atoms with Gasteiger partial charge in [0.1, 0.15) is 0 Å². The van der Waals surface area contributed by atoms with E-state index in [0.29, 0.717) is 31.7 Å². The maximum Gasteiger partial charge on any atom is 0.254 e. The predicted molar refractivity (Wildman–Crippen MR) is 106 cm³/mol. The first-order valence-electron chi connectivity index (χ1n) is 8.96. The Morgan fingerprint density at radius 2 is 1.85 bits per heavy atom. The van der Waals surface area contributed by atoms with Gasteiger partial charge in [0, 0.05) is 38.9 Å². The van der Waals surface area contributed by atoms with E-state index in [2.05, 4.69) is 5.32 Å². The number of hydrogen-bond acceptors (Lipinski definition) is 5. The summed E-state index contributed by atoms with van der Waals surface area (Å²) in [6, 6.07) is 7.31. The topological polar surface area (TPSA) is 93.9 Å². The molecule has 0 spiro atoms. The highest BCUT2D eigenvalue weighted by atomic mass is 35.5. The van der Waals surface area contributed by atoms with Crippen LogP contribution in [-0.4, -0.2) is 61.8 Å². The second-order valence-electron chi connectivity index (χ2n) is 6.74. The van der Waals surface area contributed by atoms with Crippen molar-refractivity contribution < 1.29 is 19.1 Å². The molecular weight excluding hydrogens is 370 g/mol. The zero-order valence-electron chi connectivity index (χ0n) is 16.1. The summed E-state index contributed by atoms with van der Waals surface area (Å²) in [4.78, 5) is 26.3. The van der Waals surface area contributed by atoms with Crippen LogP contribution in [0.2, 0.25) is 0 Å². The van der Waals surface area contributed by atoms with Crippen LogP contribution in [0.15, 0.2) is 24.3 Å². The van der Waals surface area contributed by atoms with E-state index in [0.717, 1.165) is 5.56 Å². The number of nitrogens with two attached hydrogens (primary N) is 1. The van der Waals surface area contributed by atoms with Gasteiger partial charge in [0.2, 0.25) is 5.91 Å². The molecule has 2 amide bonds. The van der Waals surface area contributed by atoms with Gasteiger partial charge in [-0.15, -0.1) is 12.4 Å². The molecule has 3 unspecified atom stereocenters. The Hall–Kier alpha value is -1.67. The zero-order valence-corrected chi connectivity index (χ0v) is 17.0. The van der Waals surface area contributed by atoms with Gasteiger partial charge in [0.15, 0.2) is 0 Å². The maximum atomic E-state index is 12.6. The minimum atomic E-state index is -0.270. The minimum absolute atomic E-state index is 0. The van der Waals surface area contributed by atoms with Crippen LogP contribution in [0.25, 0.3) is 0 Å². The molecule has 0 saturated carbocycles. The number of nitrogens with one attached hydrogen (secondary N) is 1. The van der Waals surface area contributed by atoms with Crippen molar-refractivity contribution >= 4 is 24.2 Å². The first-order valence-corrected chi connectivity index (χ1v) is 8.96. The third-order valence-electron chi connectivity index (χ3n) is 4.41. The van der Waals surface area contributed by atoms with E-state index >= 15 is 0 Å². The number of hydrogen-bond donors (Lipinski definition) is 2. The molecule has 152 valence electrons. The highest BCUT2D eigenvalue weighted by Gasteiger charge is 2.26. The molecule has 1 aromatic carbocycles. The smallest absolute Gasteiger partial charge is 0.254 e. The van der Waals surface area contributed by atoms with Gasteiger partial charge in [0.05, 0.1) is 24.7 Å². The van der Waals surface area contributed by atoms with E-state index < -0.39 is 0 Å². The summed E-state index contributed by atoms with van der Waals surface area (Å²) in [5.74, 6) is -0.104. The van der Waals surface area contributed by atoms with E-state index in [1.807, 2.05) is 30.9 Å². The van der Waals surface area contributed by atoms with Crippen LogP contribution in [0.3, 0.4) is 0 Å². The van der Waals surface area contributed by atoms with Crippen LogP contribution in [0.1, 0.15) is 36.2 Å². The van der Waals surface area contributed by atoms with E-state index in [4.69, 9.17) is 15.2 Å². The minimum Gasteiger partial charge on any atom is -0.380 e. The van der Waals surface area contributed by atoms with Gasteiger partial charge in [-0.1, -0.05) is 12.1 Å². The zero-order chi connectivity index (χ0) is 19.1. The van der Waals surface area contributed by atoms with Crippen molar-refractivity contribution in [3.63, 3.8) is 0 Å². The molecule has 0 aliphatic carbocycles. The fourth-order valence-electron chi connectivity index (χ4n) is 3.03. The fraction of sp³-hybridized carbons (Fsp3) is 0.579. The Morgan fingerprint density at radius 3 is 2.37 bits per heavy atom. The summed E-state index contributed by atoms with van der Waals surface area (Å²) >= 11 is 0. The van der Waals surface area contributed by atoms with Gasteiger partial charge >= 0.3 is 0 Å². The van der Waals surface area contributed by atoms with Crippen molar-refractivity contribution in [3.05, 3.63) is 35.4 Å². The predicted octanol–water partition coefficient (Wildman–Crippen LogP) is 1.34. The van der Waals surface area contributed by atoms with E-state index in [1.54, 1.807) is 12.1 Å². The molecule has 8 heteroatoms. The molecule has 1 saturated heterocycles. The van der Waals surface area contributed by atoms with E-state index in [9.17, 15) is 9.59 Å². The molecule has 27 heavy (non-hydrogen) atoms. The standard InChI is InChI=1S/C19H29N3O4.ClH/c1-13-11-22(12-14(2)26-13)19(24)16-6-4-15(5-7-16)10-21-18(23)8-17(9-20)25-3;/h4-7,13-14,17H,8-12,20H2,1-3H3,(H,21,23);1H. The second kappa shape index (κ2) is 11.2. The molecule has 2 rings (SSSR count). The number of amides is 2. The SMILES string of the molecule is COC(CN)CC(=O)NCc1ccc(C(=O)N2CC(C)OC(C)C2)cc1.Cl. The number of morpholine rings is 1. The first kappa shape index (κ1) is 23.4. The third kappa shape index (κ3) is 7.10. The van der Waals surface area contributed by atoms with Gasteiger partial charge in [-0.05, 0) is 31.5 Å². The number of methoxy groups -OCH3 is 1. The van der Waals surface area contributed by atoms with E-state index in [1.165, 1.54) is 7.11 Å². The van der Waals surface area contributed by atoms with Crippen molar-refractivity contribution in [2.24, 2.45) is 5.73 Å². The molecule has 0 radical (unpaired) electrons. The fourth-order valence-corrected chi connectivity index (χ4v) is 3.03. The first-order chi connectivity index (χ1) is 12.4. The Morgan fingerprint density at radius 1 is 1.26 bits per heavy atom. The Bertz CT molecular complexity index is 597. The normalized spacial score (nSPS) is 20.5. The summed E-state index contributed by atoms with van der Waals surface area (Å²) in [7, 11) is 1.54. The molecule has 3 atom stereocenters. The van der Waals surface area contributed by atoms with Gasteiger partial charge < -0.3 is 25.4 Å². The van der Waals surface area contributed by atoms with Crippen molar-refractivity contribution in [1.29, 1.82) is 0 Å². The summed E-state index contributed by atoms with van der Waals surface area (Å²) in [6.45, 7) is 5.85. The van der Waals surface area contributed by atoms with Gasteiger partial charge in [0.25, 0.3) is 5.91 Å². The highest BCUT2D eigenvalue weighted by Crippen LogP contribution is 2.15. The molecule has 7 nitrogen and oxygen atoms in total. The number of halogens is 1. The average Bonchev–Trinajstić information content (AvgIpc) is 2.63. The Balaban J connectivity index is 0.00000364. The quantitative estimate of drug-likeness (QED) is 0.721. The van der Waals surface area contributed by atoms with Crippen LogP contribution in [0.4, 0.5) is 0 Å². The molecule has 1 heterocycles. The summed E-state index contributed by atoms with van der Waals surface area (Å²) in [6.07, 6.45) is 0.0494. The monoisotopic (exact) mass is 399 g/mol. The van der Waals surface area contributed by atoms with Crippen molar-refractivity contribution in [2.45, 2.75) is 45.1 Å². The van der Waals surface area contributed by atoms with Crippen molar-refractivity contribution in [3.8, 4) is 0 Å². The van der Waals surface area contributed by atoms with Crippen molar-refractivity contribution in [2.75, 3.05) is 26.7 Å². The molecule has 1 aliphatic rings. The lowest BCUT2D eigenvalue weighted by Gasteiger charge is -2.35. The Kier molecular flexibility index (Phi) is 9.73. The molecular formula is C19H30ClN3O4. The van der Waals surface area contributed by atoms with Crippen LogP contribution >= 0.6 is 12.4 Å². The molecule has 0 aromatic heterocycles. The molecule has 3 N–H and O–H groups in total. The molecule has 1 aliphatic heterocycles. The summed E-state index contributed by atoms with van der Waals surface area (Å²) < 4.78 is 10.8. The average molecular weight is 400 g/mol. The number of benzene rings is 1. The van der Waals surface area contributed by atoms with Gasteiger partial charge in [-0.3, -0.25) is 9.59 Å². The van der Waals surface area contributed by atoms with Crippen LogP contribution < -0.4 is 11.1 Å². The Labute approximate surface area is 167 Å². The maximum absolute atomic E-state index is 12.6. The summed E-state index contributed by atoms with van der Waals surface area (Å²) in [5.41, 5.74) is 7.09. The largest absolute Gasteiger partial charge is 0.380 e. The molecule has 1 fully saturated rings. The lowest BCUT2D eigenvalue weighted by Crippen LogP contribution is -2.48. The molecule has 0 bridgehead atoms. The second-order valence-corrected chi connectivity index (χ2v) is 6.74. The number of carbonyl (C=O) groups is 2. The number of ether oxygens (including phenoxy) is 2. The van der Waals surface area contributed by atoms with Gasteiger partial charge in [-0.25, -0.2) is 0 Å². The number of carbonyl (C=O) groups excluding carboxylic acids is 2.